The van der Waals surface area contributed by atoms with Crippen LogP contribution < -0.4 is 4.90 Å². The predicted octanol–water partition coefficient (Wildman–Crippen LogP) is 5.41. The smallest absolute Gasteiger partial charge is 0.258 e. The maximum absolute atomic E-state index is 6.21. The zero-order valence-electron chi connectivity index (χ0n) is 15.3. The molecule has 0 bridgehead atoms. The molecular formula is C21H14Cl2N6. The number of aromatic nitrogens is 5. The van der Waals surface area contributed by atoms with Crippen molar-refractivity contribution in [1.29, 1.82) is 0 Å². The number of rotatable bonds is 3. The maximum Gasteiger partial charge on any atom is 0.258 e. The third kappa shape index (κ3) is 3.06. The molecule has 29 heavy (non-hydrogen) atoms. The van der Waals surface area contributed by atoms with Gasteiger partial charge in [-0.25, -0.2) is 9.38 Å². The van der Waals surface area contributed by atoms with Crippen LogP contribution in [0.2, 0.25) is 10.3 Å². The van der Waals surface area contributed by atoms with Crippen molar-refractivity contribution in [3.63, 3.8) is 0 Å². The average Bonchev–Trinajstić information content (AvgIpc) is 3.14. The van der Waals surface area contributed by atoms with Crippen LogP contribution in [0, 0.1) is 0 Å². The molecule has 8 heteroatoms. The molecule has 5 rings (SSSR count). The van der Waals surface area contributed by atoms with E-state index in [2.05, 4.69) is 15.2 Å². The lowest BCUT2D eigenvalue weighted by Gasteiger charge is -2.20. The number of nitrogens with zero attached hydrogens (tertiary/aromatic N) is 6. The van der Waals surface area contributed by atoms with E-state index in [0.717, 1.165) is 33.8 Å². The maximum atomic E-state index is 6.21. The van der Waals surface area contributed by atoms with Crippen molar-refractivity contribution in [3.05, 3.63) is 77.0 Å². The number of benzene rings is 2. The van der Waals surface area contributed by atoms with Crippen molar-refractivity contribution in [1.82, 2.24) is 24.6 Å². The highest BCUT2D eigenvalue weighted by atomic mass is 35.5. The second-order valence-corrected chi connectivity index (χ2v) is 7.28. The highest BCUT2D eigenvalue weighted by molar-refractivity contribution is 6.30. The summed E-state index contributed by atoms with van der Waals surface area (Å²) in [5, 5.41) is 9.93. The summed E-state index contributed by atoms with van der Waals surface area (Å²) in [6.07, 6.45) is 0. The summed E-state index contributed by atoms with van der Waals surface area (Å²) >= 11 is 12.2. The van der Waals surface area contributed by atoms with Crippen LogP contribution in [0.25, 0.3) is 27.9 Å². The first-order chi connectivity index (χ1) is 14.1. The molecule has 0 N–H and O–H groups in total. The van der Waals surface area contributed by atoms with E-state index in [4.69, 9.17) is 28.2 Å². The zero-order valence-corrected chi connectivity index (χ0v) is 16.8. The number of anilines is 2. The van der Waals surface area contributed by atoms with Gasteiger partial charge in [0.15, 0.2) is 0 Å². The molecule has 3 aromatic heterocycles. The topological polar surface area (TPSA) is 59.2 Å². The SMILES string of the molecule is CN(c1cccc(-c2ccc(Cl)cc2)n1)c1nc2nnc(Cl)n2c2ccccc12. The van der Waals surface area contributed by atoms with Gasteiger partial charge in [-0.2, -0.15) is 4.98 Å². The Labute approximate surface area is 176 Å². The van der Waals surface area contributed by atoms with E-state index in [0.29, 0.717) is 10.8 Å². The number of halogens is 2. The van der Waals surface area contributed by atoms with Crippen LogP contribution in [-0.4, -0.2) is 31.6 Å². The number of hydrogen-bond acceptors (Lipinski definition) is 5. The standard InChI is InChI=1S/C21H14Cl2N6/c1-28(18-8-4-6-16(24-18)13-9-11-14(22)12-10-13)19-15-5-2-3-7-17(15)29-20(23)26-27-21(29)25-19/h2-12H,1H3. The second kappa shape index (κ2) is 6.99. The van der Waals surface area contributed by atoms with E-state index in [1.165, 1.54) is 0 Å². The fourth-order valence-electron chi connectivity index (χ4n) is 3.31. The summed E-state index contributed by atoms with van der Waals surface area (Å²) in [5.41, 5.74) is 2.72. The van der Waals surface area contributed by atoms with Crippen molar-refractivity contribution in [3.8, 4) is 11.3 Å². The lowest BCUT2D eigenvalue weighted by Crippen LogP contribution is -2.14. The number of para-hydroxylation sites is 1. The number of pyridine rings is 1. The Morgan fingerprint density at radius 2 is 1.62 bits per heavy atom. The van der Waals surface area contributed by atoms with Gasteiger partial charge in [0.05, 0.1) is 11.2 Å². The molecule has 0 saturated heterocycles. The highest BCUT2D eigenvalue weighted by Gasteiger charge is 2.17. The molecule has 0 fully saturated rings. The second-order valence-electron chi connectivity index (χ2n) is 6.50. The third-order valence-electron chi connectivity index (χ3n) is 4.73. The minimum atomic E-state index is 0.278. The molecule has 0 atom stereocenters. The van der Waals surface area contributed by atoms with E-state index in [9.17, 15) is 0 Å². The third-order valence-corrected chi connectivity index (χ3v) is 5.23. The van der Waals surface area contributed by atoms with Crippen LogP contribution in [0.15, 0.2) is 66.7 Å². The van der Waals surface area contributed by atoms with Crippen LogP contribution in [0.3, 0.4) is 0 Å². The molecule has 0 spiro atoms. The van der Waals surface area contributed by atoms with Crippen molar-refractivity contribution < 1.29 is 0 Å². The predicted molar refractivity (Wildman–Crippen MR) is 116 cm³/mol. The van der Waals surface area contributed by atoms with Gasteiger partial charge in [-0.3, -0.25) is 0 Å². The van der Waals surface area contributed by atoms with Crippen LogP contribution in [0.4, 0.5) is 11.6 Å². The molecule has 5 aromatic rings. The Hall–Kier alpha value is -3.22. The van der Waals surface area contributed by atoms with Crippen molar-refractivity contribution >= 4 is 51.5 Å². The molecular weight excluding hydrogens is 407 g/mol. The van der Waals surface area contributed by atoms with Gasteiger partial charge >= 0.3 is 0 Å². The van der Waals surface area contributed by atoms with Crippen molar-refractivity contribution in [2.75, 3.05) is 11.9 Å². The summed E-state index contributed by atoms with van der Waals surface area (Å²) < 4.78 is 1.73. The summed E-state index contributed by atoms with van der Waals surface area (Å²) in [7, 11) is 1.93. The lowest BCUT2D eigenvalue weighted by molar-refractivity contribution is 1.06. The van der Waals surface area contributed by atoms with Gasteiger partial charge < -0.3 is 4.90 Å². The molecule has 0 unspecified atom stereocenters. The van der Waals surface area contributed by atoms with Gasteiger partial charge in [0, 0.05) is 23.0 Å². The first-order valence-corrected chi connectivity index (χ1v) is 9.63. The van der Waals surface area contributed by atoms with E-state index < -0.39 is 0 Å². The molecule has 0 aliphatic heterocycles. The monoisotopic (exact) mass is 420 g/mol. The quantitative estimate of drug-likeness (QED) is 0.390. The fourth-order valence-corrected chi connectivity index (χ4v) is 3.64. The Morgan fingerprint density at radius 3 is 2.45 bits per heavy atom. The molecule has 0 radical (unpaired) electrons. The summed E-state index contributed by atoms with van der Waals surface area (Å²) in [4.78, 5) is 11.4. The minimum Gasteiger partial charge on any atom is -0.313 e. The average molecular weight is 421 g/mol. The molecule has 0 amide bonds. The Bertz CT molecular complexity index is 1350. The minimum absolute atomic E-state index is 0.278. The lowest BCUT2D eigenvalue weighted by atomic mass is 10.1. The van der Waals surface area contributed by atoms with Crippen LogP contribution >= 0.6 is 23.2 Å². The Balaban J connectivity index is 1.65. The van der Waals surface area contributed by atoms with Gasteiger partial charge in [-0.1, -0.05) is 41.9 Å². The van der Waals surface area contributed by atoms with E-state index >= 15 is 0 Å². The largest absolute Gasteiger partial charge is 0.313 e. The van der Waals surface area contributed by atoms with E-state index in [1.54, 1.807) is 4.40 Å². The highest BCUT2D eigenvalue weighted by Crippen LogP contribution is 2.31. The van der Waals surface area contributed by atoms with E-state index in [-0.39, 0.29) is 5.28 Å². The number of hydrogen-bond donors (Lipinski definition) is 0. The van der Waals surface area contributed by atoms with Gasteiger partial charge in [-0.05, 0) is 48.0 Å². The Morgan fingerprint density at radius 1 is 0.828 bits per heavy atom. The molecule has 3 heterocycles. The molecule has 6 nitrogen and oxygen atoms in total. The molecule has 2 aromatic carbocycles. The van der Waals surface area contributed by atoms with Gasteiger partial charge in [0.2, 0.25) is 5.28 Å². The van der Waals surface area contributed by atoms with Gasteiger partial charge in [-0.15, -0.1) is 10.2 Å². The molecule has 0 aliphatic rings. The van der Waals surface area contributed by atoms with Crippen molar-refractivity contribution in [2.45, 2.75) is 0 Å². The number of fused-ring (bicyclic) bond motifs is 3. The summed E-state index contributed by atoms with van der Waals surface area (Å²) in [6.45, 7) is 0. The first-order valence-electron chi connectivity index (χ1n) is 8.88. The summed E-state index contributed by atoms with van der Waals surface area (Å²) in [6, 6.07) is 21.4. The zero-order chi connectivity index (χ0) is 20.0. The van der Waals surface area contributed by atoms with Crippen molar-refractivity contribution in [2.24, 2.45) is 0 Å². The fraction of sp³-hybridized carbons (Fsp3) is 0.0476. The van der Waals surface area contributed by atoms with Gasteiger partial charge in [0.25, 0.3) is 5.78 Å². The Kier molecular flexibility index (Phi) is 4.30. The van der Waals surface area contributed by atoms with Crippen LogP contribution in [0.5, 0.6) is 0 Å². The molecule has 0 saturated carbocycles. The van der Waals surface area contributed by atoms with E-state index in [1.807, 2.05) is 78.7 Å². The van der Waals surface area contributed by atoms with Crippen LogP contribution in [-0.2, 0) is 0 Å². The molecule has 142 valence electrons. The normalized spacial score (nSPS) is 11.3. The van der Waals surface area contributed by atoms with Crippen LogP contribution in [0.1, 0.15) is 0 Å². The first kappa shape index (κ1) is 17.8. The summed E-state index contributed by atoms with van der Waals surface area (Å²) in [5.74, 6) is 1.91. The van der Waals surface area contributed by atoms with Gasteiger partial charge in [0.1, 0.15) is 11.6 Å². The molecule has 0 aliphatic carbocycles.